The first-order valence-electron chi connectivity index (χ1n) is 6.65. The Hall–Kier alpha value is -0.540. The molecule has 1 N–H and O–H groups in total. The van der Waals surface area contributed by atoms with Crippen LogP contribution in [0.2, 0.25) is 0 Å². The smallest absolute Gasteiger partial charge is 0.123 e. The predicted molar refractivity (Wildman–Crippen MR) is 78.6 cm³/mol. The van der Waals surface area contributed by atoms with Gasteiger partial charge in [-0.05, 0) is 43.1 Å². The molecule has 0 radical (unpaired) electrons. The number of halogens is 1. The second kappa shape index (κ2) is 7.15. The van der Waals surface area contributed by atoms with Crippen molar-refractivity contribution in [1.82, 2.24) is 5.32 Å². The minimum Gasteiger partial charge on any atom is -0.310 e. The lowest BCUT2D eigenvalue weighted by atomic mass is 10.1. The van der Waals surface area contributed by atoms with Crippen LogP contribution in [0.5, 0.6) is 0 Å². The van der Waals surface area contributed by atoms with Gasteiger partial charge >= 0.3 is 0 Å². The van der Waals surface area contributed by atoms with Crippen LogP contribution < -0.4 is 5.32 Å². The Bertz CT molecular complexity index is 379. The molecule has 2 atom stereocenters. The van der Waals surface area contributed by atoms with E-state index in [9.17, 15) is 4.39 Å². The normalized spacial score (nSPS) is 14.8. The Morgan fingerprint density at radius 1 is 1.22 bits per heavy atom. The molecule has 0 bridgehead atoms. The summed E-state index contributed by atoms with van der Waals surface area (Å²) in [5.74, 6) is 0.457. The highest BCUT2D eigenvalue weighted by Crippen LogP contribution is 2.33. The summed E-state index contributed by atoms with van der Waals surface area (Å²) in [6.07, 6.45) is 0. The molecule has 1 aromatic rings. The van der Waals surface area contributed by atoms with Crippen molar-refractivity contribution < 1.29 is 4.39 Å². The standard InChI is InChI=1S/C15H24FNS/c1-6-17-11(4)14-9-13(16)7-8-15(14)18-12(5)10(2)3/h7-12,17H,6H2,1-5H3. The van der Waals surface area contributed by atoms with Gasteiger partial charge in [0.15, 0.2) is 0 Å². The summed E-state index contributed by atoms with van der Waals surface area (Å²) in [5, 5.41) is 3.88. The summed E-state index contributed by atoms with van der Waals surface area (Å²) in [4.78, 5) is 1.19. The van der Waals surface area contributed by atoms with Crippen molar-refractivity contribution in [3.63, 3.8) is 0 Å². The summed E-state index contributed by atoms with van der Waals surface area (Å²) in [5.41, 5.74) is 1.06. The zero-order valence-electron chi connectivity index (χ0n) is 12.0. The Balaban J connectivity index is 2.96. The Morgan fingerprint density at radius 3 is 2.44 bits per heavy atom. The minimum atomic E-state index is -0.156. The lowest BCUT2D eigenvalue weighted by Gasteiger charge is -2.21. The van der Waals surface area contributed by atoms with E-state index in [0.29, 0.717) is 11.2 Å². The molecule has 102 valence electrons. The number of rotatable bonds is 6. The molecule has 0 fully saturated rings. The number of benzene rings is 1. The highest BCUT2D eigenvalue weighted by Gasteiger charge is 2.15. The summed E-state index contributed by atoms with van der Waals surface area (Å²) in [6, 6.07) is 5.30. The fourth-order valence-corrected chi connectivity index (χ4v) is 2.91. The molecule has 18 heavy (non-hydrogen) atoms. The van der Waals surface area contributed by atoms with Crippen molar-refractivity contribution in [2.75, 3.05) is 6.54 Å². The fraction of sp³-hybridized carbons (Fsp3) is 0.600. The van der Waals surface area contributed by atoms with E-state index in [1.807, 2.05) is 17.8 Å². The Morgan fingerprint density at radius 2 is 1.89 bits per heavy atom. The topological polar surface area (TPSA) is 12.0 Å². The van der Waals surface area contributed by atoms with E-state index in [4.69, 9.17) is 0 Å². The second-order valence-corrected chi connectivity index (χ2v) is 6.45. The monoisotopic (exact) mass is 269 g/mol. The maximum Gasteiger partial charge on any atom is 0.123 e. The van der Waals surface area contributed by atoms with Gasteiger partial charge < -0.3 is 5.32 Å². The van der Waals surface area contributed by atoms with Crippen molar-refractivity contribution in [1.29, 1.82) is 0 Å². The average molecular weight is 269 g/mol. The van der Waals surface area contributed by atoms with Gasteiger partial charge in [-0.2, -0.15) is 0 Å². The van der Waals surface area contributed by atoms with Crippen LogP contribution in [0.4, 0.5) is 4.39 Å². The van der Waals surface area contributed by atoms with Crippen LogP contribution in [0.3, 0.4) is 0 Å². The molecular weight excluding hydrogens is 245 g/mol. The molecule has 0 heterocycles. The first-order valence-corrected chi connectivity index (χ1v) is 7.53. The van der Waals surface area contributed by atoms with Crippen LogP contribution in [0.1, 0.15) is 46.2 Å². The number of hydrogen-bond donors (Lipinski definition) is 1. The van der Waals surface area contributed by atoms with E-state index in [1.54, 1.807) is 12.1 Å². The predicted octanol–water partition coefficient (Wildman–Crippen LogP) is 4.63. The van der Waals surface area contributed by atoms with Crippen molar-refractivity contribution in [2.24, 2.45) is 5.92 Å². The van der Waals surface area contributed by atoms with E-state index < -0.39 is 0 Å². The molecule has 0 aliphatic rings. The molecule has 1 rings (SSSR count). The van der Waals surface area contributed by atoms with E-state index in [2.05, 4.69) is 39.9 Å². The summed E-state index contributed by atoms with van der Waals surface area (Å²) >= 11 is 1.83. The van der Waals surface area contributed by atoms with Gasteiger partial charge in [0, 0.05) is 16.2 Å². The highest BCUT2D eigenvalue weighted by molar-refractivity contribution is 8.00. The molecule has 2 unspecified atom stereocenters. The minimum absolute atomic E-state index is 0.156. The summed E-state index contributed by atoms with van der Waals surface area (Å²) < 4.78 is 13.4. The van der Waals surface area contributed by atoms with Gasteiger partial charge in [0.1, 0.15) is 5.82 Å². The van der Waals surface area contributed by atoms with Crippen LogP contribution in [-0.4, -0.2) is 11.8 Å². The van der Waals surface area contributed by atoms with E-state index in [1.165, 1.54) is 4.90 Å². The molecule has 0 aliphatic heterocycles. The largest absolute Gasteiger partial charge is 0.310 e. The van der Waals surface area contributed by atoms with Gasteiger partial charge in [0.25, 0.3) is 0 Å². The van der Waals surface area contributed by atoms with Crippen molar-refractivity contribution in [2.45, 2.75) is 50.8 Å². The van der Waals surface area contributed by atoms with E-state index in [0.717, 1.165) is 12.1 Å². The maximum atomic E-state index is 13.4. The molecule has 0 saturated carbocycles. The molecule has 0 aliphatic carbocycles. The summed E-state index contributed by atoms with van der Waals surface area (Å²) in [7, 11) is 0. The molecule has 0 amide bonds. The third-order valence-corrected chi connectivity index (χ3v) is 4.74. The molecule has 1 aromatic carbocycles. The van der Waals surface area contributed by atoms with Crippen LogP contribution >= 0.6 is 11.8 Å². The van der Waals surface area contributed by atoms with Gasteiger partial charge in [-0.15, -0.1) is 11.8 Å². The SMILES string of the molecule is CCNC(C)c1cc(F)ccc1SC(C)C(C)C. The molecule has 0 saturated heterocycles. The van der Waals surface area contributed by atoms with E-state index in [-0.39, 0.29) is 11.9 Å². The lowest BCUT2D eigenvalue weighted by molar-refractivity contribution is 0.573. The van der Waals surface area contributed by atoms with E-state index >= 15 is 0 Å². The van der Waals surface area contributed by atoms with Crippen LogP contribution in [0, 0.1) is 11.7 Å². The quantitative estimate of drug-likeness (QED) is 0.755. The lowest BCUT2D eigenvalue weighted by Crippen LogP contribution is -2.19. The maximum absolute atomic E-state index is 13.4. The fourth-order valence-electron chi connectivity index (χ4n) is 1.72. The first-order chi connectivity index (χ1) is 8.45. The molecular formula is C15H24FNS. The van der Waals surface area contributed by atoms with Crippen molar-refractivity contribution >= 4 is 11.8 Å². The molecule has 0 spiro atoms. The van der Waals surface area contributed by atoms with Crippen LogP contribution in [0.15, 0.2) is 23.1 Å². The van der Waals surface area contributed by atoms with Gasteiger partial charge in [-0.1, -0.05) is 27.7 Å². The molecule has 0 aromatic heterocycles. The van der Waals surface area contributed by atoms with Crippen molar-refractivity contribution in [3.8, 4) is 0 Å². The zero-order chi connectivity index (χ0) is 13.7. The van der Waals surface area contributed by atoms with Crippen LogP contribution in [-0.2, 0) is 0 Å². The average Bonchev–Trinajstić information content (AvgIpc) is 2.31. The molecule has 3 heteroatoms. The van der Waals surface area contributed by atoms with Gasteiger partial charge in [-0.3, -0.25) is 0 Å². The van der Waals surface area contributed by atoms with Gasteiger partial charge in [-0.25, -0.2) is 4.39 Å². The zero-order valence-corrected chi connectivity index (χ0v) is 12.8. The first kappa shape index (κ1) is 15.5. The number of hydrogen-bond acceptors (Lipinski definition) is 2. The molecule has 1 nitrogen and oxygen atoms in total. The Kier molecular flexibility index (Phi) is 6.16. The van der Waals surface area contributed by atoms with Gasteiger partial charge in [0.2, 0.25) is 0 Å². The summed E-state index contributed by atoms with van der Waals surface area (Å²) in [6.45, 7) is 11.7. The number of nitrogens with one attached hydrogen (secondary N) is 1. The van der Waals surface area contributed by atoms with Crippen molar-refractivity contribution in [3.05, 3.63) is 29.6 Å². The Labute approximate surface area is 115 Å². The highest BCUT2D eigenvalue weighted by atomic mass is 32.2. The van der Waals surface area contributed by atoms with Crippen LogP contribution in [0.25, 0.3) is 0 Å². The number of thioether (sulfide) groups is 1. The van der Waals surface area contributed by atoms with Gasteiger partial charge in [0.05, 0.1) is 0 Å². The second-order valence-electron chi connectivity index (χ2n) is 5.03. The third kappa shape index (κ3) is 4.29. The third-order valence-electron chi connectivity index (χ3n) is 3.20.